The minimum Gasteiger partial charge on any atom is -0.277 e. The molecule has 2 aromatic heterocycles. The molecule has 8 aromatic carbocycles. The van der Waals surface area contributed by atoms with Gasteiger partial charge in [0.25, 0.3) is 0 Å². The van der Waals surface area contributed by atoms with Gasteiger partial charge in [0.15, 0.2) is 11.6 Å². The average Bonchev–Trinajstić information content (AvgIpc) is 3.54. The van der Waals surface area contributed by atoms with Gasteiger partial charge in [0, 0.05) is 27.3 Å². The molecule has 0 radical (unpaired) electrons. The van der Waals surface area contributed by atoms with Crippen LogP contribution in [0.15, 0.2) is 170 Å². The fourth-order valence-electron chi connectivity index (χ4n) is 7.41. The van der Waals surface area contributed by atoms with Crippen LogP contribution in [-0.2, 0) is 0 Å². The van der Waals surface area contributed by atoms with Crippen LogP contribution < -0.4 is 0 Å². The highest BCUT2D eigenvalue weighted by molar-refractivity contribution is 6.36. The molecule has 0 unspecified atom stereocenters. The highest BCUT2D eigenvalue weighted by atomic mass is 15.2. The van der Waals surface area contributed by atoms with E-state index in [1.54, 1.807) is 0 Å². The Morgan fingerprint density at radius 2 is 0.857 bits per heavy atom. The van der Waals surface area contributed by atoms with E-state index in [1.807, 2.05) is 24.3 Å². The molecule has 4 heteroatoms. The highest BCUT2D eigenvalue weighted by Gasteiger charge is 2.22. The van der Waals surface area contributed by atoms with Gasteiger partial charge in [0.1, 0.15) is 0 Å². The van der Waals surface area contributed by atoms with E-state index in [1.165, 1.54) is 43.3 Å². The lowest BCUT2D eigenvalue weighted by atomic mass is 9.93. The van der Waals surface area contributed by atoms with Crippen LogP contribution in [0, 0.1) is 0 Å². The monoisotopic (exact) mass is 624 g/mol. The minimum absolute atomic E-state index is 0.590. The number of nitrogens with zero attached hydrogens (tertiary/aromatic N) is 4. The molecular formula is C45H28N4. The predicted octanol–water partition coefficient (Wildman–Crippen LogP) is 11.4. The third-order valence-corrected chi connectivity index (χ3v) is 9.63. The number of hydrogen-bond donors (Lipinski definition) is 0. The molecule has 4 nitrogen and oxygen atoms in total. The van der Waals surface area contributed by atoms with E-state index in [9.17, 15) is 0 Å². The van der Waals surface area contributed by atoms with Gasteiger partial charge in [-0.3, -0.25) is 4.57 Å². The van der Waals surface area contributed by atoms with Crippen molar-refractivity contribution in [2.24, 2.45) is 0 Å². The van der Waals surface area contributed by atoms with Gasteiger partial charge in [0.2, 0.25) is 5.95 Å². The molecule has 0 atom stereocenters. The van der Waals surface area contributed by atoms with Gasteiger partial charge in [-0.15, -0.1) is 0 Å². The maximum Gasteiger partial charge on any atom is 0.238 e. The van der Waals surface area contributed by atoms with Crippen LogP contribution in [-0.4, -0.2) is 19.5 Å². The summed E-state index contributed by atoms with van der Waals surface area (Å²) in [4.78, 5) is 15.5. The fourth-order valence-corrected chi connectivity index (χ4v) is 7.41. The number of aromatic nitrogens is 4. The Hall–Kier alpha value is -6.65. The molecule has 0 aliphatic carbocycles. The van der Waals surface area contributed by atoms with Crippen LogP contribution in [0.3, 0.4) is 0 Å². The molecule has 0 amide bonds. The van der Waals surface area contributed by atoms with E-state index in [0.29, 0.717) is 17.6 Å². The van der Waals surface area contributed by atoms with Gasteiger partial charge in [-0.25, -0.2) is 4.98 Å². The van der Waals surface area contributed by atoms with Crippen LogP contribution in [0.25, 0.3) is 94.0 Å². The van der Waals surface area contributed by atoms with Gasteiger partial charge in [-0.1, -0.05) is 164 Å². The van der Waals surface area contributed by atoms with E-state index in [0.717, 1.165) is 33.1 Å². The Morgan fingerprint density at radius 3 is 1.59 bits per heavy atom. The summed E-state index contributed by atoms with van der Waals surface area (Å²) in [7, 11) is 0. The fraction of sp³-hybridized carbons (Fsp3) is 0. The molecule has 0 fully saturated rings. The zero-order valence-corrected chi connectivity index (χ0v) is 26.5. The van der Waals surface area contributed by atoms with Gasteiger partial charge >= 0.3 is 0 Å². The predicted molar refractivity (Wildman–Crippen MR) is 203 cm³/mol. The second-order valence-electron chi connectivity index (χ2n) is 12.4. The van der Waals surface area contributed by atoms with Crippen molar-refractivity contribution in [3.8, 4) is 39.9 Å². The number of hydrogen-bond acceptors (Lipinski definition) is 3. The SMILES string of the molecule is c1ccc(-c2ccc(-c3nc(-c4ccccc4)nc(-n4c5ccccc5c5c6ccc7ccccc7c6c6ccccc6c54)n3)cc2)cc1. The van der Waals surface area contributed by atoms with Crippen molar-refractivity contribution in [2.75, 3.05) is 0 Å². The lowest BCUT2D eigenvalue weighted by Gasteiger charge is -2.14. The zero-order valence-electron chi connectivity index (χ0n) is 26.5. The Bertz CT molecular complexity index is 2860. The molecule has 0 aliphatic rings. The van der Waals surface area contributed by atoms with Gasteiger partial charge < -0.3 is 0 Å². The molecule has 0 bridgehead atoms. The molecule has 0 aliphatic heterocycles. The van der Waals surface area contributed by atoms with E-state index in [2.05, 4.69) is 150 Å². The maximum absolute atomic E-state index is 5.25. The topological polar surface area (TPSA) is 43.6 Å². The molecule has 0 saturated heterocycles. The Balaban J connectivity index is 1.31. The van der Waals surface area contributed by atoms with E-state index < -0.39 is 0 Å². The summed E-state index contributed by atoms with van der Waals surface area (Å²) in [6.45, 7) is 0. The molecule has 228 valence electrons. The van der Waals surface area contributed by atoms with Gasteiger partial charge in [-0.2, -0.15) is 9.97 Å². The lowest BCUT2D eigenvalue weighted by Crippen LogP contribution is -2.06. The first-order chi connectivity index (χ1) is 24.3. The zero-order chi connectivity index (χ0) is 32.3. The Labute approximate surface area is 282 Å². The van der Waals surface area contributed by atoms with E-state index in [4.69, 9.17) is 15.0 Å². The molecule has 0 saturated carbocycles. The van der Waals surface area contributed by atoms with Crippen LogP contribution >= 0.6 is 0 Å². The molecule has 2 heterocycles. The average molecular weight is 625 g/mol. The molecular weight excluding hydrogens is 597 g/mol. The molecule has 0 N–H and O–H groups in total. The highest BCUT2D eigenvalue weighted by Crippen LogP contribution is 2.44. The van der Waals surface area contributed by atoms with Crippen molar-refractivity contribution >= 4 is 54.1 Å². The van der Waals surface area contributed by atoms with Crippen molar-refractivity contribution in [2.45, 2.75) is 0 Å². The first-order valence-electron chi connectivity index (χ1n) is 16.5. The van der Waals surface area contributed by atoms with Crippen molar-refractivity contribution in [3.05, 3.63) is 170 Å². The summed E-state index contributed by atoms with van der Waals surface area (Å²) < 4.78 is 2.25. The van der Waals surface area contributed by atoms with Crippen LogP contribution in [0.1, 0.15) is 0 Å². The number of para-hydroxylation sites is 1. The summed E-state index contributed by atoms with van der Waals surface area (Å²) in [5, 5.41) is 9.71. The summed E-state index contributed by atoms with van der Waals surface area (Å²) in [5.74, 6) is 1.85. The van der Waals surface area contributed by atoms with E-state index in [-0.39, 0.29) is 0 Å². The maximum atomic E-state index is 5.25. The Kier molecular flexibility index (Phi) is 6.15. The van der Waals surface area contributed by atoms with Crippen molar-refractivity contribution < 1.29 is 0 Å². The third-order valence-electron chi connectivity index (χ3n) is 9.63. The number of benzene rings is 8. The molecule has 49 heavy (non-hydrogen) atoms. The van der Waals surface area contributed by atoms with Gasteiger partial charge in [0.05, 0.1) is 11.0 Å². The second kappa shape index (κ2) is 11.0. The summed E-state index contributed by atoms with van der Waals surface area (Å²) in [5.41, 5.74) is 6.34. The van der Waals surface area contributed by atoms with Crippen molar-refractivity contribution in [1.29, 1.82) is 0 Å². The number of rotatable bonds is 4. The molecule has 10 aromatic rings. The van der Waals surface area contributed by atoms with Crippen molar-refractivity contribution in [3.63, 3.8) is 0 Å². The first-order valence-corrected chi connectivity index (χ1v) is 16.5. The van der Waals surface area contributed by atoms with Crippen LogP contribution in [0.5, 0.6) is 0 Å². The normalized spacial score (nSPS) is 11.7. The third kappa shape index (κ3) is 4.35. The van der Waals surface area contributed by atoms with Crippen LogP contribution in [0.4, 0.5) is 0 Å². The second-order valence-corrected chi connectivity index (χ2v) is 12.4. The molecule has 0 spiro atoms. The first kappa shape index (κ1) is 27.5. The summed E-state index contributed by atoms with van der Waals surface area (Å²) in [6.07, 6.45) is 0. The van der Waals surface area contributed by atoms with E-state index >= 15 is 0 Å². The Morgan fingerprint density at radius 1 is 0.327 bits per heavy atom. The van der Waals surface area contributed by atoms with Gasteiger partial charge in [-0.05, 0) is 44.1 Å². The summed E-state index contributed by atoms with van der Waals surface area (Å²) in [6, 6.07) is 59.7. The largest absolute Gasteiger partial charge is 0.277 e. The number of fused-ring (bicyclic) bond motifs is 10. The summed E-state index contributed by atoms with van der Waals surface area (Å²) >= 11 is 0. The quantitative estimate of drug-likeness (QED) is 0.183. The smallest absolute Gasteiger partial charge is 0.238 e. The minimum atomic E-state index is 0.590. The van der Waals surface area contributed by atoms with Crippen LogP contribution in [0.2, 0.25) is 0 Å². The standard InChI is InChI=1S/C45H28N4/c1-3-13-29(14-4-1)30-23-25-33(26-24-30)44-46-43(32-16-5-2-6-17-32)47-45(48-44)49-39-22-12-11-21-37(39)41-38-28-27-31-15-7-8-18-34(31)40(38)35-19-9-10-20-36(35)42(41)49/h1-28H. The molecule has 10 rings (SSSR count). The van der Waals surface area contributed by atoms with Crippen molar-refractivity contribution in [1.82, 2.24) is 19.5 Å². The lowest BCUT2D eigenvalue weighted by molar-refractivity contribution is 0.955.